The Hall–Kier alpha value is -1.27. The molecule has 5 nitrogen and oxygen atoms in total. The van der Waals surface area contributed by atoms with E-state index >= 15 is 0 Å². The number of aryl methyl sites for hydroxylation is 1. The summed E-state index contributed by atoms with van der Waals surface area (Å²) in [6, 6.07) is 4.36. The maximum Gasteiger partial charge on any atom is 0.261 e. The Morgan fingerprint density at radius 3 is 2.58 bits per heavy atom. The summed E-state index contributed by atoms with van der Waals surface area (Å²) in [7, 11) is 1.51. The Kier molecular flexibility index (Phi) is 5.20. The van der Waals surface area contributed by atoms with Crippen LogP contribution in [0.1, 0.15) is 19.4 Å². The van der Waals surface area contributed by atoms with Crippen molar-refractivity contribution in [3.05, 3.63) is 23.8 Å². The molecule has 7 heteroatoms. The van der Waals surface area contributed by atoms with Gasteiger partial charge in [-0.1, -0.05) is 0 Å². The van der Waals surface area contributed by atoms with Crippen molar-refractivity contribution in [3.8, 4) is 5.75 Å². The molecular formula is C12H16ClNO4S. The molecule has 1 N–H and O–H groups in total. The highest BCUT2D eigenvalue weighted by atomic mass is 35.7. The van der Waals surface area contributed by atoms with Crippen LogP contribution < -0.4 is 10.1 Å². The van der Waals surface area contributed by atoms with Crippen LogP contribution in [-0.2, 0) is 13.8 Å². The maximum absolute atomic E-state index is 11.5. The number of nitrogens with one attached hydrogen (secondary N) is 1. The summed E-state index contributed by atoms with van der Waals surface area (Å²) in [6.45, 7) is 5.56. The number of benzene rings is 1. The van der Waals surface area contributed by atoms with Crippen LogP contribution in [0.4, 0.5) is 0 Å². The van der Waals surface area contributed by atoms with Crippen molar-refractivity contribution in [2.75, 3.05) is 6.54 Å². The molecule has 0 aliphatic carbocycles. The highest BCUT2D eigenvalue weighted by Gasteiger charge is 2.16. The van der Waals surface area contributed by atoms with Gasteiger partial charge < -0.3 is 10.1 Å². The number of amides is 1. The number of hydrogen-bond donors (Lipinski definition) is 1. The van der Waals surface area contributed by atoms with E-state index in [2.05, 4.69) is 5.32 Å². The fourth-order valence-electron chi connectivity index (χ4n) is 1.54. The minimum absolute atomic E-state index is 0.0344. The number of rotatable bonds is 5. The van der Waals surface area contributed by atoms with Gasteiger partial charge in [-0.15, -0.1) is 0 Å². The zero-order valence-corrected chi connectivity index (χ0v) is 12.5. The highest BCUT2D eigenvalue weighted by molar-refractivity contribution is 8.13. The molecule has 106 valence electrons. The Bertz CT molecular complexity index is 571. The van der Waals surface area contributed by atoms with E-state index in [1.54, 1.807) is 13.8 Å². The van der Waals surface area contributed by atoms with Crippen LogP contribution in [0.2, 0.25) is 0 Å². The largest absolute Gasteiger partial charge is 0.481 e. The molecule has 0 saturated heterocycles. The average Bonchev–Trinajstić information content (AvgIpc) is 2.27. The lowest BCUT2D eigenvalue weighted by Gasteiger charge is -2.15. The summed E-state index contributed by atoms with van der Waals surface area (Å²) in [6.07, 6.45) is -0.655. The van der Waals surface area contributed by atoms with Gasteiger partial charge in [-0.05, 0) is 44.5 Å². The topological polar surface area (TPSA) is 72.5 Å². The van der Waals surface area contributed by atoms with E-state index in [0.717, 1.165) is 0 Å². The normalized spacial score (nSPS) is 12.8. The average molecular weight is 306 g/mol. The lowest BCUT2D eigenvalue weighted by molar-refractivity contribution is -0.127. The molecule has 0 saturated carbocycles. The van der Waals surface area contributed by atoms with E-state index in [9.17, 15) is 13.2 Å². The van der Waals surface area contributed by atoms with Crippen molar-refractivity contribution in [2.24, 2.45) is 0 Å². The Balaban J connectivity index is 2.88. The molecule has 0 aromatic heterocycles. The van der Waals surface area contributed by atoms with E-state index in [0.29, 0.717) is 17.9 Å². The number of ether oxygens (including phenoxy) is 1. The van der Waals surface area contributed by atoms with Gasteiger partial charge in [0.2, 0.25) is 0 Å². The smallest absolute Gasteiger partial charge is 0.261 e. The maximum atomic E-state index is 11.5. The van der Waals surface area contributed by atoms with Gasteiger partial charge in [0.15, 0.2) is 6.10 Å². The van der Waals surface area contributed by atoms with Crippen molar-refractivity contribution in [1.82, 2.24) is 5.32 Å². The fraction of sp³-hybridized carbons (Fsp3) is 0.417. The van der Waals surface area contributed by atoms with Crippen molar-refractivity contribution in [1.29, 1.82) is 0 Å². The van der Waals surface area contributed by atoms with Crippen molar-refractivity contribution >= 4 is 25.6 Å². The third-order valence-electron chi connectivity index (χ3n) is 2.44. The van der Waals surface area contributed by atoms with Gasteiger partial charge in [0.05, 0.1) is 4.90 Å². The zero-order chi connectivity index (χ0) is 14.6. The number of halogens is 1. The number of likely N-dealkylation sites (N-methyl/N-ethyl adjacent to an activating group) is 1. The highest BCUT2D eigenvalue weighted by Crippen LogP contribution is 2.24. The Labute approximate surface area is 117 Å². The summed E-state index contributed by atoms with van der Waals surface area (Å²) in [5.41, 5.74) is 0.468. The predicted molar refractivity (Wildman–Crippen MR) is 73.0 cm³/mol. The van der Waals surface area contributed by atoms with E-state index in [1.165, 1.54) is 18.2 Å². The molecule has 1 unspecified atom stereocenters. The lowest BCUT2D eigenvalue weighted by atomic mass is 10.2. The molecular weight excluding hydrogens is 290 g/mol. The van der Waals surface area contributed by atoms with Gasteiger partial charge in [-0.3, -0.25) is 4.79 Å². The summed E-state index contributed by atoms with van der Waals surface area (Å²) in [5.74, 6) is 0.189. The summed E-state index contributed by atoms with van der Waals surface area (Å²) in [4.78, 5) is 11.5. The number of carbonyl (C=O) groups is 1. The molecule has 0 heterocycles. The predicted octanol–water partition coefficient (Wildman–Crippen LogP) is 1.83. The fourth-order valence-corrected chi connectivity index (χ4v) is 2.74. The van der Waals surface area contributed by atoms with Gasteiger partial charge in [0.1, 0.15) is 5.75 Å². The molecule has 1 aromatic carbocycles. The summed E-state index contributed by atoms with van der Waals surface area (Å²) in [5, 5.41) is 2.63. The second kappa shape index (κ2) is 6.25. The molecule has 1 rings (SSSR count). The summed E-state index contributed by atoms with van der Waals surface area (Å²) >= 11 is 0. The van der Waals surface area contributed by atoms with Crippen molar-refractivity contribution < 1.29 is 17.9 Å². The molecule has 0 spiro atoms. The minimum Gasteiger partial charge on any atom is -0.481 e. The monoisotopic (exact) mass is 305 g/mol. The third-order valence-corrected chi connectivity index (χ3v) is 3.92. The van der Waals surface area contributed by atoms with Gasteiger partial charge in [-0.2, -0.15) is 0 Å². The van der Waals surface area contributed by atoms with Gasteiger partial charge in [0.25, 0.3) is 15.0 Å². The number of hydrogen-bond acceptors (Lipinski definition) is 4. The Morgan fingerprint density at radius 2 is 2.11 bits per heavy atom. The SMILES string of the molecule is CCNC(=O)C(C)Oc1ccc(S(=O)(=O)Cl)c(C)c1. The Morgan fingerprint density at radius 1 is 1.47 bits per heavy atom. The van der Waals surface area contributed by atoms with Gasteiger partial charge in [0, 0.05) is 17.2 Å². The third kappa shape index (κ3) is 4.40. The summed E-state index contributed by atoms with van der Waals surface area (Å²) < 4.78 is 27.9. The van der Waals surface area contributed by atoms with Crippen LogP contribution in [0.25, 0.3) is 0 Å². The second-order valence-electron chi connectivity index (χ2n) is 4.02. The van der Waals surface area contributed by atoms with Crippen LogP contribution in [0.3, 0.4) is 0 Å². The van der Waals surface area contributed by atoms with Gasteiger partial charge >= 0.3 is 0 Å². The van der Waals surface area contributed by atoms with Crippen LogP contribution in [-0.4, -0.2) is 27.0 Å². The quantitative estimate of drug-likeness (QED) is 0.842. The van der Waals surface area contributed by atoms with Crippen molar-refractivity contribution in [2.45, 2.75) is 31.8 Å². The zero-order valence-electron chi connectivity index (χ0n) is 10.9. The molecule has 1 amide bonds. The van der Waals surface area contributed by atoms with Crippen LogP contribution >= 0.6 is 10.7 Å². The van der Waals surface area contributed by atoms with E-state index in [-0.39, 0.29) is 10.8 Å². The molecule has 0 fully saturated rings. The van der Waals surface area contributed by atoms with Crippen molar-refractivity contribution in [3.63, 3.8) is 0 Å². The first-order valence-electron chi connectivity index (χ1n) is 5.75. The minimum atomic E-state index is -3.77. The molecule has 0 aliphatic heterocycles. The molecule has 0 aliphatic rings. The van der Waals surface area contributed by atoms with Crippen LogP contribution in [0, 0.1) is 6.92 Å². The van der Waals surface area contributed by atoms with Crippen LogP contribution in [0.5, 0.6) is 5.75 Å². The van der Waals surface area contributed by atoms with E-state index < -0.39 is 15.2 Å². The van der Waals surface area contributed by atoms with E-state index in [4.69, 9.17) is 15.4 Å². The molecule has 0 radical (unpaired) electrons. The molecule has 1 aromatic rings. The number of carbonyl (C=O) groups excluding carboxylic acids is 1. The molecule has 0 bridgehead atoms. The van der Waals surface area contributed by atoms with Crippen LogP contribution in [0.15, 0.2) is 23.1 Å². The first-order chi connectivity index (χ1) is 8.75. The van der Waals surface area contributed by atoms with E-state index in [1.807, 2.05) is 6.92 Å². The first kappa shape index (κ1) is 15.8. The lowest BCUT2D eigenvalue weighted by Crippen LogP contribution is -2.36. The molecule has 1 atom stereocenters. The second-order valence-corrected chi connectivity index (χ2v) is 6.55. The van der Waals surface area contributed by atoms with Gasteiger partial charge in [-0.25, -0.2) is 8.42 Å². The standard InChI is InChI=1S/C12H16ClNO4S/c1-4-14-12(15)9(3)18-10-5-6-11(8(2)7-10)19(13,16)17/h5-7,9H,4H2,1-3H3,(H,14,15). The molecule has 19 heavy (non-hydrogen) atoms. The first-order valence-corrected chi connectivity index (χ1v) is 8.06.